The largest absolute Gasteiger partial charge is 0.380 e. The summed E-state index contributed by atoms with van der Waals surface area (Å²) < 4.78 is 1.99. The lowest BCUT2D eigenvalue weighted by molar-refractivity contribution is 0.355. The summed E-state index contributed by atoms with van der Waals surface area (Å²) in [6.45, 7) is 7.18. The van der Waals surface area contributed by atoms with Crippen molar-refractivity contribution in [3.05, 3.63) is 54.5 Å². The molecule has 0 aliphatic heterocycles. The number of aromatic nitrogens is 3. The Morgan fingerprint density at radius 3 is 2.71 bits per heavy atom. The van der Waals surface area contributed by atoms with Gasteiger partial charge in [-0.1, -0.05) is 18.2 Å². The second kappa shape index (κ2) is 5.20. The molecule has 4 heteroatoms. The number of para-hydroxylation sites is 1. The van der Waals surface area contributed by atoms with Crippen LogP contribution in [0.3, 0.4) is 0 Å². The highest BCUT2D eigenvalue weighted by Crippen LogP contribution is 2.17. The van der Waals surface area contributed by atoms with Crippen LogP contribution in [-0.4, -0.2) is 14.8 Å². The van der Waals surface area contributed by atoms with Crippen molar-refractivity contribution in [2.75, 3.05) is 5.32 Å². The van der Waals surface area contributed by atoms with E-state index in [0.717, 1.165) is 28.7 Å². The van der Waals surface area contributed by atoms with Crippen LogP contribution in [0, 0.1) is 0 Å². The summed E-state index contributed by atoms with van der Waals surface area (Å²) in [6, 6.07) is 10.2. The fourth-order valence-corrected chi connectivity index (χ4v) is 2.19. The van der Waals surface area contributed by atoms with Gasteiger partial charge in [0, 0.05) is 23.7 Å². The molecule has 2 heterocycles. The van der Waals surface area contributed by atoms with E-state index in [1.54, 1.807) is 0 Å². The molecular weight excluding hydrogens is 260 g/mol. The minimum absolute atomic E-state index is 0.0166. The molecule has 2 aromatic heterocycles. The molecule has 0 fully saturated rings. The number of fused-ring (bicyclic) bond motifs is 1. The number of hydrogen-bond donors (Lipinski definition) is 1. The first-order valence-electron chi connectivity index (χ1n) is 7.15. The maximum absolute atomic E-state index is 4.45. The fourth-order valence-electron chi connectivity index (χ4n) is 2.19. The Morgan fingerprint density at radius 1 is 1.14 bits per heavy atom. The Labute approximate surface area is 124 Å². The van der Waals surface area contributed by atoms with Crippen LogP contribution in [0.15, 0.2) is 48.9 Å². The smallest absolute Gasteiger partial charge is 0.0703 e. The van der Waals surface area contributed by atoms with E-state index in [0.29, 0.717) is 0 Å². The molecule has 0 unspecified atom stereocenters. The van der Waals surface area contributed by atoms with Crippen LogP contribution in [0.1, 0.15) is 26.3 Å². The zero-order valence-electron chi connectivity index (χ0n) is 12.7. The predicted molar refractivity (Wildman–Crippen MR) is 86.3 cm³/mol. The topological polar surface area (TPSA) is 42.7 Å². The quantitative estimate of drug-likeness (QED) is 0.793. The Morgan fingerprint density at radius 2 is 1.95 bits per heavy atom. The van der Waals surface area contributed by atoms with Gasteiger partial charge in [-0.25, -0.2) is 0 Å². The molecule has 1 aromatic carbocycles. The lowest BCUT2D eigenvalue weighted by Gasteiger charge is -2.18. The summed E-state index contributed by atoms with van der Waals surface area (Å²) >= 11 is 0. The molecule has 1 N–H and O–H groups in total. The van der Waals surface area contributed by atoms with Crippen LogP contribution in [0.4, 0.5) is 5.69 Å². The van der Waals surface area contributed by atoms with E-state index < -0.39 is 0 Å². The Kier molecular flexibility index (Phi) is 3.37. The minimum Gasteiger partial charge on any atom is -0.380 e. The summed E-state index contributed by atoms with van der Waals surface area (Å²) in [4.78, 5) is 4.45. The number of benzene rings is 1. The van der Waals surface area contributed by atoms with E-state index in [9.17, 15) is 0 Å². The van der Waals surface area contributed by atoms with Gasteiger partial charge in [-0.2, -0.15) is 5.10 Å². The van der Waals surface area contributed by atoms with Gasteiger partial charge in [0.15, 0.2) is 0 Å². The minimum atomic E-state index is 0.0166. The zero-order valence-corrected chi connectivity index (χ0v) is 12.7. The molecule has 0 bridgehead atoms. The van der Waals surface area contributed by atoms with Crippen molar-refractivity contribution in [2.45, 2.75) is 32.9 Å². The van der Waals surface area contributed by atoms with Crippen molar-refractivity contribution in [1.82, 2.24) is 14.8 Å². The molecule has 21 heavy (non-hydrogen) atoms. The maximum atomic E-state index is 4.45. The summed E-state index contributed by atoms with van der Waals surface area (Å²) in [5, 5.41) is 8.96. The molecule has 0 aliphatic rings. The molecule has 0 amide bonds. The van der Waals surface area contributed by atoms with Crippen molar-refractivity contribution < 1.29 is 0 Å². The van der Waals surface area contributed by atoms with Crippen LogP contribution in [0.5, 0.6) is 0 Å². The van der Waals surface area contributed by atoms with Gasteiger partial charge in [0.1, 0.15) is 0 Å². The number of nitrogens with one attached hydrogen (secondary N) is 1. The second-order valence-electron chi connectivity index (χ2n) is 6.23. The van der Waals surface area contributed by atoms with Gasteiger partial charge < -0.3 is 5.32 Å². The van der Waals surface area contributed by atoms with Crippen molar-refractivity contribution >= 4 is 16.6 Å². The standard InChI is InChI=1S/C17H20N4/c1-17(2,3)21-12-13(10-20-21)9-18-15-8-14-6-4-5-7-16(14)19-11-15/h4-8,10-12,18H,9H2,1-3H3. The molecule has 3 aromatic rings. The van der Waals surface area contributed by atoms with Crippen molar-refractivity contribution in [3.63, 3.8) is 0 Å². The van der Waals surface area contributed by atoms with Crippen LogP contribution >= 0.6 is 0 Å². The lowest BCUT2D eigenvalue weighted by Crippen LogP contribution is -2.21. The first-order chi connectivity index (χ1) is 10.0. The molecule has 0 spiro atoms. The van der Waals surface area contributed by atoms with Gasteiger partial charge in [0.25, 0.3) is 0 Å². The average molecular weight is 280 g/mol. The Hall–Kier alpha value is -2.36. The van der Waals surface area contributed by atoms with Gasteiger partial charge in [-0.05, 0) is 32.9 Å². The van der Waals surface area contributed by atoms with Gasteiger partial charge in [-0.15, -0.1) is 0 Å². The third kappa shape index (κ3) is 3.05. The highest BCUT2D eigenvalue weighted by Gasteiger charge is 2.13. The summed E-state index contributed by atoms with van der Waals surface area (Å²) in [6.07, 6.45) is 5.87. The Bertz CT molecular complexity index is 753. The van der Waals surface area contributed by atoms with E-state index in [2.05, 4.69) is 54.5 Å². The third-order valence-electron chi connectivity index (χ3n) is 3.41. The first-order valence-corrected chi connectivity index (χ1v) is 7.15. The lowest BCUT2D eigenvalue weighted by atomic mass is 10.1. The van der Waals surface area contributed by atoms with Crippen LogP contribution < -0.4 is 5.32 Å². The van der Waals surface area contributed by atoms with E-state index >= 15 is 0 Å². The van der Waals surface area contributed by atoms with E-state index in [4.69, 9.17) is 0 Å². The van der Waals surface area contributed by atoms with E-state index in [-0.39, 0.29) is 5.54 Å². The second-order valence-corrected chi connectivity index (χ2v) is 6.23. The summed E-state index contributed by atoms with van der Waals surface area (Å²) in [5.74, 6) is 0. The van der Waals surface area contributed by atoms with Crippen molar-refractivity contribution in [2.24, 2.45) is 0 Å². The van der Waals surface area contributed by atoms with E-state index in [1.807, 2.05) is 35.3 Å². The first kappa shape index (κ1) is 13.6. The number of anilines is 1. The molecule has 0 aliphatic carbocycles. The molecule has 3 rings (SSSR count). The highest BCUT2D eigenvalue weighted by atomic mass is 15.3. The number of nitrogens with zero attached hydrogens (tertiary/aromatic N) is 3. The van der Waals surface area contributed by atoms with Crippen molar-refractivity contribution in [1.29, 1.82) is 0 Å². The Balaban J connectivity index is 1.73. The summed E-state index contributed by atoms with van der Waals surface area (Å²) in [7, 11) is 0. The van der Waals surface area contributed by atoms with Crippen LogP contribution in [0.25, 0.3) is 10.9 Å². The molecule has 0 saturated carbocycles. The van der Waals surface area contributed by atoms with Gasteiger partial charge in [-0.3, -0.25) is 9.67 Å². The molecule has 0 atom stereocenters. The number of pyridine rings is 1. The maximum Gasteiger partial charge on any atom is 0.0703 e. The van der Waals surface area contributed by atoms with Gasteiger partial charge in [0.05, 0.1) is 29.1 Å². The van der Waals surface area contributed by atoms with Gasteiger partial charge >= 0.3 is 0 Å². The monoisotopic (exact) mass is 280 g/mol. The molecule has 4 nitrogen and oxygen atoms in total. The predicted octanol–water partition coefficient (Wildman–Crippen LogP) is 3.80. The zero-order chi connectivity index (χ0) is 14.9. The van der Waals surface area contributed by atoms with Crippen LogP contribution in [-0.2, 0) is 12.1 Å². The fraction of sp³-hybridized carbons (Fsp3) is 0.294. The summed E-state index contributed by atoms with van der Waals surface area (Å²) in [5.41, 5.74) is 3.22. The molecule has 0 radical (unpaired) electrons. The van der Waals surface area contributed by atoms with E-state index in [1.165, 1.54) is 0 Å². The molecule has 0 saturated heterocycles. The highest BCUT2D eigenvalue weighted by molar-refractivity contribution is 5.81. The number of hydrogen-bond acceptors (Lipinski definition) is 3. The van der Waals surface area contributed by atoms with Gasteiger partial charge in [0.2, 0.25) is 0 Å². The third-order valence-corrected chi connectivity index (χ3v) is 3.41. The molecule has 108 valence electrons. The normalized spacial score (nSPS) is 11.8. The van der Waals surface area contributed by atoms with Crippen molar-refractivity contribution in [3.8, 4) is 0 Å². The molecular formula is C17H20N4. The number of rotatable bonds is 3. The average Bonchev–Trinajstić information content (AvgIpc) is 2.94. The SMILES string of the molecule is CC(C)(C)n1cc(CNc2cnc3ccccc3c2)cn1. The van der Waals surface area contributed by atoms with Crippen LogP contribution in [0.2, 0.25) is 0 Å².